The summed E-state index contributed by atoms with van der Waals surface area (Å²) in [6.07, 6.45) is 0. The van der Waals surface area contributed by atoms with Gasteiger partial charge < -0.3 is 4.74 Å². The summed E-state index contributed by atoms with van der Waals surface area (Å²) in [5.74, 6) is 1.82. The van der Waals surface area contributed by atoms with Gasteiger partial charge in [-0.3, -0.25) is 0 Å². The van der Waals surface area contributed by atoms with Gasteiger partial charge in [-0.05, 0) is 77.9 Å². The average molecular weight is 324 g/mol. The van der Waals surface area contributed by atoms with E-state index in [9.17, 15) is 0 Å². The lowest BCUT2D eigenvalue weighted by molar-refractivity contribution is 0.478. The van der Waals surface area contributed by atoms with Gasteiger partial charge in [-0.25, -0.2) is 0 Å². The molecule has 0 aliphatic rings. The van der Waals surface area contributed by atoms with E-state index in [1.54, 1.807) is 0 Å². The summed E-state index contributed by atoms with van der Waals surface area (Å²) in [5, 5.41) is 0. The fraction of sp³-hybridized carbons (Fsp3) is 0.143. The third kappa shape index (κ3) is 2.76. The predicted octanol–water partition coefficient (Wildman–Crippen LogP) is 4.70. The maximum absolute atomic E-state index is 5.84. The molecular formula is C14H13IO. The Morgan fingerprint density at radius 2 is 1.81 bits per heavy atom. The number of hydrogen-bond donors (Lipinski definition) is 0. The minimum atomic E-state index is 0.893. The molecule has 0 saturated carbocycles. The molecule has 0 aromatic heterocycles. The van der Waals surface area contributed by atoms with Gasteiger partial charge in [0.15, 0.2) is 0 Å². The van der Waals surface area contributed by atoms with Gasteiger partial charge in [0.05, 0.1) is 0 Å². The molecule has 2 heteroatoms. The minimum absolute atomic E-state index is 0.893. The van der Waals surface area contributed by atoms with Crippen LogP contribution in [-0.2, 0) is 0 Å². The third-order valence-electron chi connectivity index (χ3n) is 2.35. The first kappa shape index (κ1) is 11.5. The van der Waals surface area contributed by atoms with Crippen molar-refractivity contribution < 1.29 is 4.74 Å². The van der Waals surface area contributed by atoms with Crippen molar-refractivity contribution in [3.8, 4) is 11.5 Å². The Balaban J connectivity index is 2.27. The summed E-state index contributed by atoms with van der Waals surface area (Å²) in [6, 6.07) is 14.3. The van der Waals surface area contributed by atoms with Crippen LogP contribution in [0, 0.1) is 17.4 Å². The van der Waals surface area contributed by atoms with Crippen LogP contribution in [0.2, 0.25) is 0 Å². The van der Waals surface area contributed by atoms with Crippen LogP contribution in [0.4, 0.5) is 0 Å². The molecule has 2 aromatic carbocycles. The molecule has 0 aliphatic carbocycles. The Morgan fingerprint density at radius 3 is 2.50 bits per heavy atom. The summed E-state index contributed by atoms with van der Waals surface area (Å²) in [6.45, 7) is 4.13. The van der Waals surface area contributed by atoms with Crippen molar-refractivity contribution in [3.05, 3.63) is 57.2 Å². The van der Waals surface area contributed by atoms with Gasteiger partial charge in [0.1, 0.15) is 11.5 Å². The van der Waals surface area contributed by atoms with Gasteiger partial charge in [0.25, 0.3) is 0 Å². The topological polar surface area (TPSA) is 9.23 Å². The molecule has 0 radical (unpaired) electrons. The first-order valence-corrected chi connectivity index (χ1v) is 6.24. The normalized spacial score (nSPS) is 10.2. The second-order valence-corrected chi connectivity index (χ2v) is 5.07. The molecule has 0 heterocycles. The van der Waals surface area contributed by atoms with Crippen LogP contribution in [0.5, 0.6) is 11.5 Å². The Morgan fingerprint density at radius 1 is 1.00 bits per heavy atom. The Bertz CT molecular complexity index is 506. The highest BCUT2D eigenvalue weighted by Gasteiger charge is 2.01. The maximum atomic E-state index is 5.84. The molecule has 2 aromatic rings. The molecule has 0 atom stereocenters. The molecule has 0 unspecified atom stereocenters. The van der Waals surface area contributed by atoms with Gasteiger partial charge >= 0.3 is 0 Å². The highest BCUT2D eigenvalue weighted by Crippen LogP contribution is 2.26. The average Bonchev–Trinajstić information content (AvgIpc) is 2.22. The van der Waals surface area contributed by atoms with Crippen LogP contribution in [0.15, 0.2) is 42.5 Å². The molecular weight excluding hydrogens is 311 g/mol. The Hall–Kier alpha value is -1.03. The molecule has 16 heavy (non-hydrogen) atoms. The summed E-state index contributed by atoms with van der Waals surface area (Å²) in [4.78, 5) is 0. The van der Waals surface area contributed by atoms with E-state index in [1.807, 2.05) is 24.3 Å². The van der Waals surface area contributed by atoms with Crippen molar-refractivity contribution in [1.82, 2.24) is 0 Å². The van der Waals surface area contributed by atoms with Gasteiger partial charge in [-0.1, -0.05) is 12.1 Å². The lowest BCUT2D eigenvalue weighted by Crippen LogP contribution is -1.88. The van der Waals surface area contributed by atoms with Crippen molar-refractivity contribution in [3.63, 3.8) is 0 Å². The molecule has 0 aliphatic heterocycles. The predicted molar refractivity (Wildman–Crippen MR) is 75.1 cm³/mol. The lowest BCUT2D eigenvalue weighted by atomic mass is 10.2. The Labute approximate surface area is 110 Å². The van der Waals surface area contributed by atoms with Crippen LogP contribution in [0.25, 0.3) is 0 Å². The van der Waals surface area contributed by atoms with E-state index in [-0.39, 0.29) is 0 Å². The van der Waals surface area contributed by atoms with Gasteiger partial charge in [-0.2, -0.15) is 0 Å². The monoisotopic (exact) mass is 324 g/mol. The summed E-state index contributed by atoms with van der Waals surface area (Å²) in [7, 11) is 0. The van der Waals surface area contributed by atoms with E-state index >= 15 is 0 Å². The van der Waals surface area contributed by atoms with Crippen LogP contribution >= 0.6 is 22.6 Å². The second-order valence-electron chi connectivity index (χ2n) is 3.83. The van der Waals surface area contributed by atoms with Crippen LogP contribution in [-0.4, -0.2) is 0 Å². The van der Waals surface area contributed by atoms with Crippen LogP contribution in [0.3, 0.4) is 0 Å². The van der Waals surface area contributed by atoms with Crippen molar-refractivity contribution in [2.45, 2.75) is 13.8 Å². The van der Waals surface area contributed by atoms with Crippen molar-refractivity contribution in [2.24, 2.45) is 0 Å². The van der Waals surface area contributed by atoms with Gasteiger partial charge in [0, 0.05) is 3.57 Å². The SMILES string of the molecule is Cc1cccc(Oc2ccc(I)cc2C)c1. The first-order chi connectivity index (χ1) is 7.65. The van der Waals surface area contributed by atoms with E-state index in [4.69, 9.17) is 4.74 Å². The zero-order valence-electron chi connectivity index (χ0n) is 9.33. The molecule has 0 saturated heterocycles. The van der Waals surface area contributed by atoms with Crippen molar-refractivity contribution >= 4 is 22.6 Å². The van der Waals surface area contributed by atoms with Crippen molar-refractivity contribution in [2.75, 3.05) is 0 Å². The molecule has 0 fully saturated rings. The zero-order valence-corrected chi connectivity index (χ0v) is 11.5. The van der Waals surface area contributed by atoms with Crippen molar-refractivity contribution in [1.29, 1.82) is 0 Å². The molecule has 1 nitrogen and oxygen atoms in total. The third-order valence-corrected chi connectivity index (χ3v) is 3.03. The van der Waals surface area contributed by atoms with E-state index in [0.29, 0.717) is 0 Å². The minimum Gasteiger partial charge on any atom is -0.457 e. The fourth-order valence-electron chi connectivity index (χ4n) is 1.53. The summed E-state index contributed by atoms with van der Waals surface area (Å²) < 4.78 is 7.07. The van der Waals surface area contributed by atoms with Gasteiger partial charge in [-0.15, -0.1) is 0 Å². The zero-order chi connectivity index (χ0) is 11.5. The standard InChI is InChI=1S/C14H13IO/c1-10-4-3-5-13(8-10)16-14-7-6-12(15)9-11(14)2/h3-9H,1-2H3. The maximum Gasteiger partial charge on any atom is 0.130 e. The first-order valence-electron chi connectivity index (χ1n) is 5.16. The van der Waals surface area contributed by atoms with E-state index in [0.717, 1.165) is 17.1 Å². The number of benzene rings is 2. The van der Waals surface area contributed by atoms with E-state index in [1.165, 1.54) is 9.13 Å². The lowest BCUT2D eigenvalue weighted by Gasteiger charge is -2.09. The van der Waals surface area contributed by atoms with Crippen LogP contribution < -0.4 is 4.74 Å². The Kier molecular flexibility index (Phi) is 3.49. The summed E-state index contributed by atoms with van der Waals surface area (Å²) in [5.41, 5.74) is 2.37. The second kappa shape index (κ2) is 4.87. The smallest absolute Gasteiger partial charge is 0.130 e. The van der Waals surface area contributed by atoms with Crippen LogP contribution in [0.1, 0.15) is 11.1 Å². The highest BCUT2D eigenvalue weighted by atomic mass is 127. The number of aryl methyl sites for hydroxylation is 2. The largest absolute Gasteiger partial charge is 0.457 e. The molecule has 0 N–H and O–H groups in total. The number of halogens is 1. The van der Waals surface area contributed by atoms with E-state index < -0.39 is 0 Å². The molecule has 0 amide bonds. The number of rotatable bonds is 2. The highest BCUT2D eigenvalue weighted by molar-refractivity contribution is 14.1. The molecule has 0 bridgehead atoms. The fourth-order valence-corrected chi connectivity index (χ4v) is 2.18. The quantitative estimate of drug-likeness (QED) is 0.728. The van der Waals surface area contributed by atoms with E-state index in [2.05, 4.69) is 54.6 Å². The number of ether oxygens (including phenoxy) is 1. The molecule has 0 spiro atoms. The van der Waals surface area contributed by atoms with Gasteiger partial charge in [0.2, 0.25) is 0 Å². The molecule has 82 valence electrons. The molecule has 2 rings (SSSR count). The number of hydrogen-bond acceptors (Lipinski definition) is 1. The summed E-state index contributed by atoms with van der Waals surface area (Å²) >= 11 is 2.30.